The van der Waals surface area contributed by atoms with Crippen LogP contribution in [-0.4, -0.2) is 5.91 Å². The van der Waals surface area contributed by atoms with E-state index in [1.165, 1.54) is 0 Å². The Kier molecular flexibility index (Phi) is 3.18. The van der Waals surface area contributed by atoms with Crippen LogP contribution in [0.3, 0.4) is 0 Å². The van der Waals surface area contributed by atoms with Crippen molar-refractivity contribution in [3.05, 3.63) is 59.7 Å². The second-order valence-corrected chi connectivity index (χ2v) is 5.24. The average Bonchev–Trinajstić information content (AvgIpc) is 2.48. The number of carbonyl (C=O) groups excluding carboxylic acids is 1. The van der Waals surface area contributed by atoms with Crippen LogP contribution in [0.1, 0.15) is 30.5 Å². The molecule has 3 rings (SSSR count). The predicted octanol–water partition coefficient (Wildman–Crippen LogP) is 3.31. The van der Waals surface area contributed by atoms with Crippen molar-refractivity contribution in [1.29, 1.82) is 0 Å². The van der Waals surface area contributed by atoms with Crippen molar-refractivity contribution in [2.75, 3.05) is 10.6 Å². The van der Waals surface area contributed by atoms with Gasteiger partial charge in [-0.3, -0.25) is 4.79 Å². The van der Waals surface area contributed by atoms with E-state index in [1.54, 1.807) is 0 Å². The van der Waals surface area contributed by atoms with Gasteiger partial charge in [-0.2, -0.15) is 0 Å². The third-order valence-electron chi connectivity index (χ3n) is 3.91. The summed E-state index contributed by atoms with van der Waals surface area (Å²) < 4.78 is 0. The summed E-state index contributed by atoms with van der Waals surface area (Å²) in [4.78, 5) is 14.2. The van der Waals surface area contributed by atoms with Crippen molar-refractivity contribution in [1.82, 2.24) is 0 Å². The molecule has 0 fully saturated rings. The Morgan fingerprint density at radius 2 is 1.85 bits per heavy atom. The molecular formula is C17H18N2O. The Balaban J connectivity index is 2.03. The zero-order chi connectivity index (χ0) is 14.1. The second-order valence-electron chi connectivity index (χ2n) is 5.24. The molecule has 0 saturated heterocycles. The molecule has 1 aliphatic heterocycles. The van der Waals surface area contributed by atoms with Crippen LogP contribution in [0, 0.1) is 0 Å². The maximum absolute atomic E-state index is 12.4. The van der Waals surface area contributed by atoms with Crippen LogP contribution >= 0.6 is 0 Å². The van der Waals surface area contributed by atoms with Crippen LogP contribution in [0.15, 0.2) is 48.5 Å². The Morgan fingerprint density at radius 3 is 2.60 bits per heavy atom. The van der Waals surface area contributed by atoms with Crippen LogP contribution in [0.25, 0.3) is 0 Å². The number of amides is 1. The largest absolute Gasteiger partial charge is 0.399 e. The molecule has 2 aromatic carbocycles. The molecule has 1 heterocycles. The van der Waals surface area contributed by atoms with Gasteiger partial charge >= 0.3 is 0 Å². The zero-order valence-corrected chi connectivity index (χ0v) is 11.5. The van der Waals surface area contributed by atoms with Crippen LogP contribution in [-0.2, 0) is 11.2 Å². The molecule has 0 bridgehead atoms. The van der Waals surface area contributed by atoms with E-state index in [-0.39, 0.29) is 11.9 Å². The summed E-state index contributed by atoms with van der Waals surface area (Å²) >= 11 is 0. The summed E-state index contributed by atoms with van der Waals surface area (Å²) in [6.45, 7) is 2.07. The number of fused-ring (bicyclic) bond motifs is 1. The topological polar surface area (TPSA) is 46.3 Å². The SMILES string of the molecule is C[C@@H](c1ccccc1)N1C(=O)CCc2cc(N)ccc21. The Bertz CT molecular complexity index is 637. The molecule has 3 nitrogen and oxygen atoms in total. The van der Waals surface area contributed by atoms with Crippen molar-refractivity contribution in [3.63, 3.8) is 0 Å². The third kappa shape index (κ3) is 2.16. The molecule has 0 unspecified atom stereocenters. The fraction of sp³-hybridized carbons (Fsp3) is 0.235. The molecule has 2 aromatic rings. The number of nitrogens with zero attached hydrogens (tertiary/aromatic N) is 1. The number of hydrogen-bond donors (Lipinski definition) is 1. The normalized spacial score (nSPS) is 15.8. The molecule has 102 valence electrons. The molecule has 0 aromatic heterocycles. The summed E-state index contributed by atoms with van der Waals surface area (Å²) in [5, 5.41) is 0. The fourth-order valence-electron chi connectivity index (χ4n) is 2.84. The first kappa shape index (κ1) is 12.7. The highest BCUT2D eigenvalue weighted by Gasteiger charge is 2.28. The smallest absolute Gasteiger partial charge is 0.227 e. The lowest BCUT2D eigenvalue weighted by molar-refractivity contribution is -0.119. The van der Waals surface area contributed by atoms with Crippen LogP contribution in [0.5, 0.6) is 0 Å². The second kappa shape index (κ2) is 5.00. The minimum Gasteiger partial charge on any atom is -0.399 e. The Morgan fingerprint density at radius 1 is 1.10 bits per heavy atom. The van der Waals surface area contributed by atoms with E-state index < -0.39 is 0 Å². The van der Waals surface area contributed by atoms with Crippen LogP contribution in [0.4, 0.5) is 11.4 Å². The molecule has 0 spiro atoms. The van der Waals surface area contributed by atoms with Gasteiger partial charge in [0, 0.05) is 17.8 Å². The number of nitrogens with two attached hydrogens (primary N) is 1. The maximum Gasteiger partial charge on any atom is 0.227 e. The Hall–Kier alpha value is -2.29. The summed E-state index contributed by atoms with van der Waals surface area (Å²) in [5.41, 5.74) is 9.90. The van der Waals surface area contributed by atoms with Gasteiger partial charge in [0.1, 0.15) is 0 Å². The fourth-order valence-corrected chi connectivity index (χ4v) is 2.84. The van der Waals surface area contributed by atoms with Crippen LogP contribution < -0.4 is 10.6 Å². The number of benzene rings is 2. The lowest BCUT2D eigenvalue weighted by atomic mass is 9.97. The third-order valence-corrected chi connectivity index (χ3v) is 3.91. The molecule has 0 aliphatic carbocycles. The molecule has 20 heavy (non-hydrogen) atoms. The van der Waals surface area contributed by atoms with Crippen molar-refractivity contribution in [3.8, 4) is 0 Å². The predicted molar refractivity (Wildman–Crippen MR) is 81.5 cm³/mol. The van der Waals surface area contributed by atoms with Gasteiger partial charge in [0.25, 0.3) is 0 Å². The number of anilines is 2. The molecule has 1 amide bonds. The molecule has 2 N–H and O–H groups in total. The van der Waals surface area contributed by atoms with Crippen molar-refractivity contribution in [2.45, 2.75) is 25.8 Å². The van der Waals surface area contributed by atoms with Crippen LogP contribution in [0.2, 0.25) is 0 Å². The van der Waals surface area contributed by atoms with Gasteiger partial charge in [0.2, 0.25) is 5.91 Å². The molecule has 0 saturated carbocycles. The minimum absolute atomic E-state index is 0.0337. The molecule has 0 radical (unpaired) electrons. The van der Waals surface area contributed by atoms with Gasteiger partial charge < -0.3 is 10.6 Å². The zero-order valence-electron chi connectivity index (χ0n) is 11.5. The first-order chi connectivity index (χ1) is 9.66. The van der Waals surface area contributed by atoms with E-state index in [0.29, 0.717) is 6.42 Å². The van der Waals surface area contributed by atoms with Gasteiger partial charge in [0.05, 0.1) is 6.04 Å². The highest BCUT2D eigenvalue weighted by atomic mass is 16.2. The number of aryl methyl sites for hydroxylation is 1. The van der Waals surface area contributed by atoms with Crippen molar-refractivity contribution < 1.29 is 4.79 Å². The summed E-state index contributed by atoms with van der Waals surface area (Å²) in [6.07, 6.45) is 1.32. The summed E-state index contributed by atoms with van der Waals surface area (Å²) in [6, 6.07) is 16.0. The van der Waals surface area contributed by atoms with E-state index in [0.717, 1.165) is 28.9 Å². The van der Waals surface area contributed by atoms with Gasteiger partial charge in [-0.25, -0.2) is 0 Å². The number of hydrogen-bond acceptors (Lipinski definition) is 2. The Labute approximate surface area is 119 Å². The van der Waals surface area contributed by atoms with E-state index in [2.05, 4.69) is 19.1 Å². The summed E-state index contributed by atoms with van der Waals surface area (Å²) in [5.74, 6) is 0.179. The lowest BCUT2D eigenvalue weighted by Gasteiger charge is -2.34. The number of carbonyl (C=O) groups is 1. The quantitative estimate of drug-likeness (QED) is 0.848. The average molecular weight is 266 g/mol. The molecular weight excluding hydrogens is 248 g/mol. The molecule has 1 atom stereocenters. The molecule has 3 heteroatoms. The van der Waals surface area contributed by atoms with E-state index in [4.69, 9.17) is 5.73 Å². The summed E-state index contributed by atoms with van der Waals surface area (Å²) in [7, 11) is 0. The van der Waals surface area contributed by atoms with Crippen molar-refractivity contribution >= 4 is 17.3 Å². The van der Waals surface area contributed by atoms with Gasteiger partial charge in [-0.15, -0.1) is 0 Å². The van der Waals surface area contributed by atoms with E-state index in [9.17, 15) is 4.79 Å². The van der Waals surface area contributed by atoms with Gasteiger partial charge in [0.15, 0.2) is 0 Å². The highest BCUT2D eigenvalue weighted by molar-refractivity contribution is 5.97. The van der Waals surface area contributed by atoms with E-state index >= 15 is 0 Å². The maximum atomic E-state index is 12.4. The molecule has 1 aliphatic rings. The van der Waals surface area contributed by atoms with Crippen molar-refractivity contribution in [2.24, 2.45) is 0 Å². The van der Waals surface area contributed by atoms with E-state index in [1.807, 2.05) is 41.3 Å². The number of nitrogen functional groups attached to an aromatic ring is 1. The van der Waals surface area contributed by atoms with Gasteiger partial charge in [-0.05, 0) is 42.7 Å². The standard InChI is InChI=1S/C17H18N2O/c1-12(13-5-3-2-4-6-13)19-16-9-8-15(18)11-14(16)7-10-17(19)20/h2-6,8-9,11-12H,7,10,18H2,1H3/t12-/m0/s1. The number of rotatable bonds is 2. The first-order valence-electron chi connectivity index (χ1n) is 6.92. The highest BCUT2D eigenvalue weighted by Crippen LogP contribution is 2.35. The first-order valence-corrected chi connectivity index (χ1v) is 6.92. The minimum atomic E-state index is 0.0337. The van der Waals surface area contributed by atoms with Gasteiger partial charge in [-0.1, -0.05) is 30.3 Å². The monoisotopic (exact) mass is 266 g/mol. The lowest BCUT2D eigenvalue weighted by Crippen LogP contribution is -2.37.